The number of Topliss-reactive ketones (excluding diaryl/α,β-unsaturated/α-hetero) is 1. The van der Waals surface area contributed by atoms with E-state index >= 15 is 0 Å². The summed E-state index contributed by atoms with van der Waals surface area (Å²) >= 11 is 6.04. The van der Waals surface area contributed by atoms with Crippen molar-refractivity contribution in [2.75, 3.05) is 26.2 Å². The third-order valence-corrected chi connectivity index (χ3v) is 8.63. The molecule has 2 aliphatic rings. The van der Waals surface area contributed by atoms with Gasteiger partial charge in [-0.05, 0) is 61.1 Å². The number of likely N-dealkylation sites (tertiary alicyclic amines) is 1. The Morgan fingerprint density at radius 1 is 1.05 bits per heavy atom. The fourth-order valence-electron chi connectivity index (χ4n) is 6.01. The van der Waals surface area contributed by atoms with E-state index in [0.717, 1.165) is 11.1 Å². The van der Waals surface area contributed by atoms with Crippen LogP contribution in [0.3, 0.4) is 0 Å². The summed E-state index contributed by atoms with van der Waals surface area (Å²) in [4.78, 5) is 15.5. The van der Waals surface area contributed by atoms with E-state index in [1.165, 1.54) is 17.2 Å². The molecule has 2 aromatic carbocycles. The Morgan fingerprint density at radius 2 is 1.73 bits per heavy atom. The van der Waals surface area contributed by atoms with Gasteiger partial charge in [-0.15, -0.1) is 0 Å². The number of rotatable bonds is 7. The SMILES string of the molecule is CC1(C)CN(CCC(=O)C2(O)CCCN(O)C(Cc3ccc(F)cc3)C2)CCC1(O)c1ccc(Cl)cc1. The van der Waals surface area contributed by atoms with Gasteiger partial charge < -0.3 is 20.3 Å². The van der Waals surface area contributed by atoms with Gasteiger partial charge in [-0.2, -0.15) is 5.06 Å². The van der Waals surface area contributed by atoms with Gasteiger partial charge in [0, 0.05) is 55.5 Å². The number of carbonyl (C=O) groups is 1. The van der Waals surface area contributed by atoms with Crippen molar-refractivity contribution < 1.29 is 24.6 Å². The second kappa shape index (κ2) is 11.1. The lowest BCUT2D eigenvalue weighted by Gasteiger charge is -2.50. The van der Waals surface area contributed by atoms with Crippen LogP contribution >= 0.6 is 11.6 Å². The summed E-state index contributed by atoms with van der Waals surface area (Å²) in [6, 6.07) is 13.0. The molecule has 0 spiro atoms. The molecule has 3 atom stereocenters. The fourth-order valence-corrected chi connectivity index (χ4v) is 6.13. The molecule has 37 heavy (non-hydrogen) atoms. The highest BCUT2D eigenvalue weighted by Crippen LogP contribution is 2.46. The average Bonchev–Trinajstić information content (AvgIpc) is 2.99. The zero-order valence-corrected chi connectivity index (χ0v) is 22.4. The Kier molecular flexibility index (Phi) is 8.43. The minimum atomic E-state index is -1.52. The molecule has 3 N–H and O–H groups in total. The van der Waals surface area contributed by atoms with E-state index < -0.39 is 22.7 Å². The van der Waals surface area contributed by atoms with Gasteiger partial charge in [-0.3, -0.25) is 4.79 Å². The zero-order chi connectivity index (χ0) is 26.8. The molecular formula is C29H38ClFN2O4. The summed E-state index contributed by atoms with van der Waals surface area (Å²) in [6.07, 6.45) is 2.06. The number of benzene rings is 2. The van der Waals surface area contributed by atoms with E-state index in [4.69, 9.17) is 11.6 Å². The second-order valence-corrected chi connectivity index (χ2v) is 11.9. The quantitative estimate of drug-likeness (QED) is 0.484. The van der Waals surface area contributed by atoms with Crippen molar-refractivity contribution in [2.45, 2.75) is 69.6 Å². The molecule has 2 aromatic rings. The normalized spacial score (nSPS) is 29.1. The number of piperidine rings is 1. The van der Waals surface area contributed by atoms with E-state index in [1.807, 2.05) is 26.0 Å². The fraction of sp³-hybridized carbons (Fsp3) is 0.552. The molecule has 0 amide bonds. The molecule has 2 fully saturated rings. The Labute approximate surface area is 223 Å². The van der Waals surface area contributed by atoms with Crippen LogP contribution in [0.25, 0.3) is 0 Å². The summed E-state index contributed by atoms with van der Waals surface area (Å²) in [7, 11) is 0. The zero-order valence-electron chi connectivity index (χ0n) is 21.7. The Balaban J connectivity index is 1.38. The van der Waals surface area contributed by atoms with Crippen molar-refractivity contribution in [2.24, 2.45) is 5.41 Å². The molecule has 8 heteroatoms. The van der Waals surface area contributed by atoms with Crippen molar-refractivity contribution in [3.8, 4) is 0 Å². The first kappa shape index (κ1) is 28.1. The standard InChI is InChI=1S/C29H38ClFN2O4/c1-27(2)20-32(17-14-29(27,36)22-6-8-23(30)9-7-22)16-12-26(34)28(35)13-3-15-33(37)25(19-28)18-21-4-10-24(31)11-5-21/h4-11,25,35-37H,3,12-20H2,1-2H3. The molecule has 4 rings (SSSR count). The number of hydrogen-bond donors (Lipinski definition) is 3. The summed E-state index contributed by atoms with van der Waals surface area (Å²) in [6.45, 7) is 6.16. The first-order valence-corrected chi connectivity index (χ1v) is 13.5. The van der Waals surface area contributed by atoms with Gasteiger partial charge in [0.05, 0.1) is 5.60 Å². The molecule has 0 saturated carbocycles. The third kappa shape index (κ3) is 6.24. The largest absolute Gasteiger partial charge is 0.385 e. The molecule has 0 aromatic heterocycles. The predicted octanol–water partition coefficient (Wildman–Crippen LogP) is 4.58. The van der Waals surface area contributed by atoms with Gasteiger partial charge in [0.25, 0.3) is 0 Å². The van der Waals surface area contributed by atoms with Gasteiger partial charge in [-0.25, -0.2) is 4.39 Å². The van der Waals surface area contributed by atoms with E-state index in [1.54, 1.807) is 24.3 Å². The first-order chi connectivity index (χ1) is 17.4. The number of aliphatic hydroxyl groups is 2. The Morgan fingerprint density at radius 3 is 2.38 bits per heavy atom. The topological polar surface area (TPSA) is 84.2 Å². The van der Waals surface area contributed by atoms with Crippen LogP contribution in [0, 0.1) is 11.2 Å². The molecular weight excluding hydrogens is 495 g/mol. The van der Waals surface area contributed by atoms with Gasteiger partial charge in [0.2, 0.25) is 0 Å². The Hall–Kier alpha value is -1.87. The minimum Gasteiger partial charge on any atom is -0.385 e. The lowest BCUT2D eigenvalue weighted by atomic mass is 9.66. The molecule has 6 nitrogen and oxygen atoms in total. The number of hydroxylamine groups is 2. The molecule has 2 heterocycles. The Bertz CT molecular complexity index is 1080. The highest BCUT2D eigenvalue weighted by Gasteiger charge is 2.49. The van der Waals surface area contributed by atoms with E-state index in [9.17, 15) is 24.6 Å². The maximum Gasteiger partial charge on any atom is 0.165 e. The molecule has 0 bridgehead atoms. The lowest BCUT2D eigenvalue weighted by molar-refractivity contribution is -0.149. The summed E-state index contributed by atoms with van der Waals surface area (Å²) in [5, 5.41) is 35.4. The number of nitrogens with zero attached hydrogens (tertiary/aromatic N) is 2. The lowest BCUT2D eigenvalue weighted by Crippen LogP contribution is -2.56. The smallest absolute Gasteiger partial charge is 0.165 e. The highest BCUT2D eigenvalue weighted by atomic mass is 35.5. The van der Waals surface area contributed by atoms with Crippen LogP contribution in [0.4, 0.5) is 4.39 Å². The van der Waals surface area contributed by atoms with Crippen molar-refractivity contribution in [3.63, 3.8) is 0 Å². The number of halogens is 2. The summed E-state index contributed by atoms with van der Waals surface area (Å²) in [5.74, 6) is -0.548. The number of ketones is 1. The number of carbonyl (C=O) groups excluding carboxylic acids is 1. The van der Waals surface area contributed by atoms with E-state index in [2.05, 4.69) is 4.90 Å². The number of hydrogen-bond acceptors (Lipinski definition) is 6. The van der Waals surface area contributed by atoms with Crippen LogP contribution in [0.15, 0.2) is 48.5 Å². The first-order valence-electron chi connectivity index (χ1n) is 13.1. The molecule has 0 aliphatic carbocycles. The minimum absolute atomic E-state index is 0.127. The van der Waals surface area contributed by atoms with Crippen molar-refractivity contribution >= 4 is 17.4 Å². The summed E-state index contributed by atoms with van der Waals surface area (Å²) < 4.78 is 13.3. The molecule has 2 saturated heterocycles. The van der Waals surface area contributed by atoms with Gasteiger partial charge in [0.1, 0.15) is 11.4 Å². The van der Waals surface area contributed by atoms with Gasteiger partial charge in [0.15, 0.2) is 5.78 Å². The van der Waals surface area contributed by atoms with Crippen molar-refractivity contribution in [1.29, 1.82) is 0 Å². The molecule has 202 valence electrons. The predicted molar refractivity (Wildman–Crippen MR) is 141 cm³/mol. The maximum atomic E-state index is 13.3. The summed E-state index contributed by atoms with van der Waals surface area (Å²) in [5.41, 5.74) is -1.30. The van der Waals surface area contributed by atoms with Crippen LogP contribution in [0.2, 0.25) is 5.02 Å². The molecule has 3 unspecified atom stereocenters. The van der Waals surface area contributed by atoms with Crippen molar-refractivity contribution in [3.05, 3.63) is 70.5 Å². The molecule has 0 radical (unpaired) electrons. The average molecular weight is 533 g/mol. The monoisotopic (exact) mass is 532 g/mol. The van der Waals surface area contributed by atoms with E-state index in [-0.39, 0.29) is 24.4 Å². The van der Waals surface area contributed by atoms with Crippen LogP contribution in [-0.2, 0) is 16.8 Å². The maximum absolute atomic E-state index is 13.3. The van der Waals surface area contributed by atoms with Gasteiger partial charge >= 0.3 is 0 Å². The third-order valence-electron chi connectivity index (χ3n) is 8.38. The van der Waals surface area contributed by atoms with Gasteiger partial charge in [-0.1, -0.05) is 49.7 Å². The highest BCUT2D eigenvalue weighted by molar-refractivity contribution is 6.30. The van der Waals surface area contributed by atoms with Crippen LogP contribution in [-0.4, -0.2) is 69.0 Å². The van der Waals surface area contributed by atoms with Crippen LogP contribution < -0.4 is 0 Å². The van der Waals surface area contributed by atoms with E-state index in [0.29, 0.717) is 56.9 Å². The second-order valence-electron chi connectivity index (χ2n) is 11.4. The molecule has 2 aliphatic heterocycles. The van der Waals surface area contributed by atoms with Crippen LogP contribution in [0.1, 0.15) is 57.1 Å². The van der Waals surface area contributed by atoms with Crippen molar-refractivity contribution in [1.82, 2.24) is 9.96 Å². The van der Waals surface area contributed by atoms with Crippen LogP contribution in [0.5, 0.6) is 0 Å².